The third-order valence-electron chi connectivity index (χ3n) is 3.14. The molecule has 0 bridgehead atoms. The lowest BCUT2D eigenvalue weighted by molar-refractivity contribution is -0.122. The molecular formula is C14H17N3O2. The molecule has 0 radical (unpaired) electrons. The van der Waals surface area contributed by atoms with Crippen LogP contribution in [0.3, 0.4) is 0 Å². The average Bonchev–Trinajstić information content (AvgIpc) is 2.79. The van der Waals surface area contributed by atoms with Gasteiger partial charge in [0, 0.05) is 12.1 Å². The van der Waals surface area contributed by atoms with E-state index in [1.54, 1.807) is 0 Å². The summed E-state index contributed by atoms with van der Waals surface area (Å²) in [6.07, 6.45) is 1.88. The van der Waals surface area contributed by atoms with Crippen molar-refractivity contribution in [2.75, 3.05) is 20.1 Å². The Bertz CT molecular complexity index is 511. The summed E-state index contributed by atoms with van der Waals surface area (Å²) in [5.41, 5.74) is 6.75. The monoisotopic (exact) mass is 259 g/mol. The lowest BCUT2D eigenvalue weighted by Crippen LogP contribution is -2.36. The summed E-state index contributed by atoms with van der Waals surface area (Å²) < 4.78 is 0. The second kappa shape index (κ2) is 5.67. The van der Waals surface area contributed by atoms with Gasteiger partial charge in [-0.3, -0.25) is 14.5 Å². The van der Waals surface area contributed by atoms with Crippen LogP contribution in [0.25, 0.3) is 0 Å². The van der Waals surface area contributed by atoms with Gasteiger partial charge in [-0.25, -0.2) is 0 Å². The highest BCUT2D eigenvalue weighted by atomic mass is 16.2. The van der Waals surface area contributed by atoms with Crippen LogP contribution in [0.15, 0.2) is 42.0 Å². The zero-order valence-electron chi connectivity index (χ0n) is 10.8. The number of likely N-dealkylation sites (N-methyl/N-ethyl adjacent to an activating group) is 1. The molecule has 1 unspecified atom stereocenters. The van der Waals surface area contributed by atoms with E-state index in [4.69, 9.17) is 5.73 Å². The van der Waals surface area contributed by atoms with E-state index in [1.807, 2.05) is 43.5 Å². The predicted octanol–water partition coefficient (Wildman–Crippen LogP) is 0.201. The van der Waals surface area contributed by atoms with Crippen molar-refractivity contribution in [1.82, 2.24) is 10.2 Å². The van der Waals surface area contributed by atoms with Gasteiger partial charge in [-0.1, -0.05) is 36.4 Å². The van der Waals surface area contributed by atoms with E-state index in [0.29, 0.717) is 12.1 Å². The molecule has 0 saturated carbocycles. The maximum atomic E-state index is 12.1. The lowest BCUT2D eigenvalue weighted by atomic mass is 9.99. The smallest absolute Gasteiger partial charge is 0.249 e. The van der Waals surface area contributed by atoms with Gasteiger partial charge in [-0.2, -0.15) is 0 Å². The number of amides is 2. The van der Waals surface area contributed by atoms with E-state index in [0.717, 1.165) is 5.56 Å². The Balaban J connectivity index is 2.16. The number of nitrogens with one attached hydrogen (secondary N) is 1. The van der Waals surface area contributed by atoms with Gasteiger partial charge >= 0.3 is 0 Å². The van der Waals surface area contributed by atoms with E-state index >= 15 is 0 Å². The van der Waals surface area contributed by atoms with Crippen LogP contribution < -0.4 is 11.1 Å². The molecule has 3 N–H and O–H groups in total. The van der Waals surface area contributed by atoms with Gasteiger partial charge in [0.25, 0.3) is 0 Å². The van der Waals surface area contributed by atoms with Gasteiger partial charge < -0.3 is 11.1 Å². The molecule has 1 heterocycles. The van der Waals surface area contributed by atoms with E-state index in [2.05, 4.69) is 10.2 Å². The maximum absolute atomic E-state index is 12.1. The fraction of sp³-hybridized carbons (Fsp3) is 0.286. The Morgan fingerprint density at radius 1 is 1.37 bits per heavy atom. The fourth-order valence-electron chi connectivity index (χ4n) is 2.25. The molecule has 1 atom stereocenters. The maximum Gasteiger partial charge on any atom is 0.249 e. The van der Waals surface area contributed by atoms with Crippen molar-refractivity contribution in [2.24, 2.45) is 5.73 Å². The van der Waals surface area contributed by atoms with Gasteiger partial charge in [0.15, 0.2) is 0 Å². The summed E-state index contributed by atoms with van der Waals surface area (Å²) in [4.78, 5) is 24.9. The van der Waals surface area contributed by atoms with E-state index in [1.165, 1.54) is 0 Å². The summed E-state index contributed by atoms with van der Waals surface area (Å²) in [6, 6.07) is 9.73. The van der Waals surface area contributed by atoms with Crippen LogP contribution >= 0.6 is 0 Å². The highest BCUT2D eigenvalue weighted by molar-refractivity contribution is 5.97. The summed E-state index contributed by atoms with van der Waals surface area (Å²) in [5.74, 6) is -0.784. The minimum Gasteiger partial charge on any atom is -0.368 e. The number of nitrogens with zero attached hydrogens (tertiary/aromatic N) is 1. The first-order valence-electron chi connectivity index (χ1n) is 6.11. The van der Waals surface area contributed by atoms with Crippen LogP contribution in [0.1, 0.15) is 11.6 Å². The number of nitrogens with two attached hydrogens (primary N) is 1. The van der Waals surface area contributed by atoms with Crippen molar-refractivity contribution < 1.29 is 9.59 Å². The molecule has 0 spiro atoms. The Kier molecular flexibility index (Phi) is 3.97. The minimum atomic E-state index is -0.545. The number of carbonyl (C=O) groups is 2. The van der Waals surface area contributed by atoms with Gasteiger partial charge in [0.05, 0.1) is 12.6 Å². The van der Waals surface area contributed by atoms with Crippen molar-refractivity contribution in [3.63, 3.8) is 0 Å². The second-order valence-corrected chi connectivity index (χ2v) is 4.56. The van der Waals surface area contributed by atoms with Gasteiger partial charge in [-0.15, -0.1) is 0 Å². The number of carbonyl (C=O) groups excluding carboxylic acids is 2. The number of primary amides is 1. The van der Waals surface area contributed by atoms with Gasteiger partial charge in [-0.05, 0) is 12.6 Å². The van der Waals surface area contributed by atoms with E-state index in [-0.39, 0.29) is 18.5 Å². The van der Waals surface area contributed by atoms with E-state index in [9.17, 15) is 9.59 Å². The second-order valence-electron chi connectivity index (χ2n) is 4.56. The van der Waals surface area contributed by atoms with Crippen LogP contribution in [0.5, 0.6) is 0 Å². The van der Waals surface area contributed by atoms with E-state index < -0.39 is 5.91 Å². The Labute approximate surface area is 112 Å². The zero-order chi connectivity index (χ0) is 13.8. The lowest BCUT2D eigenvalue weighted by Gasteiger charge is -2.23. The number of rotatable bonds is 4. The Morgan fingerprint density at radius 2 is 2.05 bits per heavy atom. The molecule has 0 saturated heterocycles. The zero-order valence-corrected chi connectivity index (χ0v) is 10.8. The molecule has 1 aliphatic heterocycles. The first kappa shape index (κ1) is 13.3. The molecule has 1 aliphatic rings. The quantitative estimate of drug-likeness (QED) is 0.811. The molecule has 1 aromatic rings. The average molecular weight is 259 g/mol. The molecule has 5 heteroatoms. The summed E-state index contributed by atoms with van der Waals surface area (Å²) in [5, 5.41) is 2.54. The standard InChI is InChI=1S/C14H17N3O2/c1-17-8-7-11(14(19)16-9-12(15)18)13(17)10-5-3-2-4-6-10/h2-7,13H,8-9H2,1H3,(H2,15,18)(H,16,19). The van der Waals surface area contributed by atoms with Crippen molar-refractivity contribution in [3.8, 4) is 0 Å². The first-order chi connectivity index (χ1) is 9.09. The van der Waals surface area contributed by atoms with Crippen molar-refractivity contribution in [1.29, 1.82) is 0 Å². The molecule has 2 amide bonds. The number of hydrogen-bond donors (Lipinski definition) is 2. The van der Waals surface area contributed by atoms with Crippen molar-refractivity contribution in [2.45, 2.75) is 6.04 Å². The van der Waals surface area contributed by atoms with Gasteiger partial charge in [0.1, 0.15) is 0 Å². The fourth-order valence-corrected chi connectivity index (χ4v) is 2.25. The van der Waals surface area contributed by atoms with Crippen LogP contribution in [-0.2, 0) is 9.59 Å². The third kappa shape index (κ3) is 3.00. The number of benzene rings is 1. The molecule has 100 valence electrons. The molecule has 0 fully saturated rings. The van der Waals surface area contributed by atoms with Crippen molar-refractivity contribution >= 4 is 11.8 Å². The van der Waals surface area contributed by atoms with Crippen LogP contribution in [0, 0.1) is 0 Å². The predicted molar refractivity (Wildman–Crippen MR) is 72.1 cm³/mol. The van der Waals surface area contributed by atoms with Gasteiger partial charge in [0.2, 0.25) is 11.8 Å². The first-order valence-corrected chi connectivity index (χ1v) is 6.11. The molecular weight excluding hydrogens is 242 g/mol. The van der Waals surface area contributed by atoms with Crippen LogP contribution in [-0.4, -0.2) is 36.9 Å². The molecule has 19 heavy (non-hydrogen) atoms. The third-order valence-corrected chi connectivity index (χ3v) is 3.14. The van der Waals surface area contributed by atoms with Crippen LogP contribution in [0.2, 0.25) is 0 Å². The van der Waals surface area contributed by atoms with Crippen molar-refractivity contribution in [3.05, 3.63) is 47.5 Å². The van der Waals surface area contributed by atoms with Crippen LogP contribution in [0.4, 0.5) is 0 Å². The molecule has 0 aliphatic carbocycles. The topological polar surface area (TPSA) is 75.4 Å². The number of hydrogen-bond acceptors (Lipinski definition) is 3. The highest BCUT2D eigenvalue weighted by Crippen LogP contribution is 2.31. The normalized spacial score (nSPS) is 19.0. The molecule has 0 aromatic heterocycles. The molecule has 5 nitrogen and oxygen atoms in total. The SMILES string of the molecule is CN1CC=C(C(=O)NCC(N)=O)C1c1ccccc1. The highest BCUT2D eigenvalue weighted by Gasteiger charge is 2.30. The largest absolute Gasteiger partial charge is 0.368 e. The summed E-state index contributed by atoms with van der Waals surface area (Å²) in [7, 11) is 1.96. The summed E-state index contributed by atoms with van der Waals surface area (Å²) in [6.45, 7) is 0.570. The summed E-state index contributed by atoms with van der Waals surface area (Å²) >= 11 is 0. The molecule has 1 aromatic carbocycles. The Morgan fingerprint density at radius 3 is 2.68 bits per heavy atom. The Hall–Kier alpha value is -2.14. The minimum absolute atomic E-state index is 0.0749. The molecule has 2 rings (SSSR count).